The quantitative estimate of drug-likeness (QED) is 0.842. The minimum Gasteiger partial charge on any atom is -0.497 e. The minimum absolute atomic E-state index is 0.219. The van der Waals surface area contributed by atoms with Gasteiger partial charge < -0.3 is 15.8 Å². The standard InChI is InChI=1S/C17H20N2O2/c1-11(2)13-6-4-5-7-16(13)19-17(20)14-9-8-12(21-3)10-15(14)18/h4-11H,18H2,1-3H3,(H,19,20). The molecule has 21 heavy (non-hydrogen) atoms. The molecule has 0 aliphatic heterocycles. The second kappa shape index (κ2) is 6.31. The van der Waals surface area contributed by atoms with Gasteiger partial charge in [-0.2, -0.15) is 0 Å². The van der Waals surface area contributed by atoms with E-state index in [1.807, 2.05) is 24.3 Å². The molecule has 3 N–H and O–H groups in total. The Morgan fingerprint density at radius 3 is 2.52 bits per heavy atom. The number of hydrogen-bond acceptors (Lipinski definition) is 3. The van der Waals surface area contributed by atoms with Crippen LogP contribution in [-0.4, -0.2) is 13.0 Å². The van der Waals surface area contributed by atoms with Crippen molar-refractivity contribution in [1.82, 2.24) is 0 Å². The van der Waals surface area contributed by atoms with Crippen LogP contribution in [-0.2, 0) is 0 Å². The third-order valence-electron chi connectivity index (χ3n) is 3.33. The lowest BCUT2D eigenvalue weighted by atomic mass is 10.0. The number of nitrogens with one attached hydrogen (secondary N) is 1. The normalized spacial score (nSPS) is 10.5. The van der Waals surface area contributed by atoms with Crippen LogP contribution < -0.4 is 15.8 Å². The van der Waals surface area contributed by atoms with Crippen molar-refractivity contribution in [1.29, 1.82) is 0 Å². The lowest BCUT2D eigenvalue weighted by Gasteiger charge is -2.14. The molecular formula is C17H20N2O2. The molecule has 0 aromatic heterocycles. The van der Waals surface area contributed by atoms with Crippen LogP contribution in [0.15, 0.2) is 42.5 Å². The first-order valence-corrected chi connectivity index (χ1v) is 6.86. The molecule has 0 aliphatic carbocycles. The summed E-state index contributed by atoms with van der Waals surface area (Å²) in [4.78, 5) is 12.4. The number of carbonyl (C=O) groups excluding carboxylic acids is 1. The molecule has 1 amide bonds. The number of methoxy groups -OCH3 is 1. The fraction of sp³-hybridized carbons (Fsp3) is 0.235. The molecule has 4 nitrogen and oxygen atoms in total. The first-order valence-electron chi connectivity index (χ1n) is 6.86. The molecule has 2 aromatic rings. The Kier molecular flexibility index (Phi) is 4.48. The second-order valence-corrected chi connectivity index (χ2v) is 5.15. The summed E-state index contributed by atoms with van der Waals surface area (Å²) < 4.78 is 5.09. The van der Waals surface area contributed by atoms with Gasteiger partial charge in [-0.05, 0) is 29.7 Å². The van der Waals surface area contributed by atoms with E-state index >= 15 is 0 Å². The Morgan fingerprint density at radius 1 is 1.19 bits per heavy atom. The first kappa shape index (κ1) is 14.9. The molecule has 0 saturated carbocycles. The van der Waals surface area contributed by atoms with Crippen LogP contribution in [0.4, 0.5) is 11.4 Å². The predicted molar refractivity (Wildman–Crippen MR) is 85.9 cm³/mol. The molecule has 0 heterocycles. The summed E-state index contributed by atoms with van der Waals surface area (Å²) in [5.74, 6) is 0.740. The topological polar surface area (TPSA) is 64.3 Å². The molecule has 0 saturated heterocycles. The lowest BCUT2D eigenvalue weighted by Crippen LogP contribution is -2.15. The van der Waals surface area contributed by atoms with E-state index in [0.29, 0.717) is 22.9 Å². The highest BCUT2D eigenvalue weighted by atomic mass is 16.5. The third-order valence-corrected chi connectivity index (χ3v) is 3.33. The van der Waals surface area contributed by atoms with E-state index in [9.17, 15) is 4.79 Å². The average Bonchev–Trinajstić information content (AvgIpc) is 2.47. The Morgan fingerprint density at radius 2 is 1.90 bits per heavy atom. The highest BCUT2D eigenvalue weighted by Crippen LogP contribution is 2.25. The number of hydrogen-bond donors (Lipinski definition) is 2. The van der Waals surface area contributed by atoms with Crippen LogP contribution in [0.25, 0.3) is 0 Å². The van der Waals surface area contributed by atoms with Crippen molar-refractivity contribution in [3.63, 3.8) is 0 Å². The highest BCUT2D eigenvalue weighted by molar-refractivity contribution is 6.08. The molecule has 110 valence electrons. The van der Waals surface area contributed by atoms with Crippen molar-refractivity contribution in [2.45, 2.75) is 19.8 Å². The van der Waals surface area contributed by atoms with Crippen molar-refractivity contribution in [2.75, 3.05) is 18.2 Å². The number of rotatable bonds is 4. The number of ether oxygens (including phenoxy) is 1. The number of nitrogen functional groups attached to an aromatic ring is 1. The van der Waals surface area contributed by atoms with E-state index in [2.05, 4.69) is 19.2 Å². The fourth-order valence-corrected chi connectivity index (χ4v) is 2.18. The summed E-state index contributed by atoms with van der Waals surface area (Å²) >= 11 is 0. The zero-order valence-corrected chi connectivity index (χ0v) is 12.5. The zero-order valence-electron chi connectivity index (χ0n) is 12.5. The molecule has 2 rings (SSSR count). The first-order chi connectivity index (χ1) is 10.0. The third kappa shape index (κ3) is 3.34. The summed E-state index contributed by atoms with van der Waals surface area (Å²) in [7, 11) is 1.56. The Bertz CT molecular complexity index is 651. The SMILES string of the molecule is COc1ccc(C(=O)Nc2ccccc2C(C)C)c(N)c1. The molecule has 4 heteroatoms. The summed E-state index contributed by atoms with van der Waals surface area (Å²) in [6.45, 7) is 4.18. The van der Waals surface area contributed by atoms with Crippen molar-refractivity contribution in [3.05, 3.63) is 53.6 Å². The van der Waals surface area contributed by atoms with Crippen molar-refractivity contribution >= 4 is 17.3 Å². The van der Waals surface area contributed by atoms with Gasteiger partial charge in [0.25, 0.3) is 5.91 Å². The molecular weight excluding hydrogens is 264 g/mol. The molecule has 0 aliphatic rings. The Hall–Kier alpha value is -2.49. The molecule has 0 fully saturated rings. The summed E-state index contributed by atoms with van der Waals surface area (Å²) in [5, 5.41) is 2.93. The minimum atomic E-state index is -0.219. The van der Waals surface area contributed by atoms with E-state index in [-0.39, 0.29) is 5.91 Å². The van der Waals surface area contributed by atoms with Gasteiger partial charge in [0.05, 0.1) is 12.7 Å². The van der Waals surface area contributed by atoms with Gasteiger partial charge in [0.1, 0.15) is 5.75 Å². The van der Waals surface area contributed by atoms with E-state index in [0.717, 1.165) is 11.3 Å². The molecule has 2 aromatic carbocycles. The van der Waals surface area contributed by atoms with Crippen molar-refractivity contribution < 1.29 is 9.53 Å². The molecule has 0 radical (unpaired) electrons. The van der Waals surface area contributed by atoms with Crippen LogP contribution in [0, 0.1) is 0 Å². The molecule has 0 unspecified atom stereocenters. The average molecular weight is 284 g/mol. The summed E-state index contributed by atoms with van der Waals surface area (Å²) in [6.07, 6.45) is 0. The lowest BCUT2D eigenvalue weighted by molar-refractivity contribution is 0.102. The van der Waals surface area contributed by atoms with Gasteiger partial charge in [-0.3, -0.25) is 4.79 Å². The van der Waals surface area contributed by atoms with E-state index in [1.54, 1.807) is 25.3 Å². The highest BCUT2D eigenvalue weighted by Gasteiger charge is 2.13. The van der Waals surface area contributed by atoms with E-state index < -0.39 is 0 Å². The zero-order chi connectivity index (χ0) is 15.4. The van der Waals surface area contributed by atoms with E-state index in [1.165, 1.54) is 0 Å². The molecule has 0 spiro atoms. The monoisotopic (exact) mass is 284 g/mol. The molecule has 0 bridgehead atoms. The maximum absolute atomic E-state index is 12.4. The van der Waals surface area contributed by atoms with Crippen LogP contribution >= 0.6 is 0 Å². The second-order valence-electron chi connectivity index (χ2n) is 5.15. The van der Waals surface area contributed by atoms with Crippen LogP contribution in [0.1, 0.15) is 35.7 Å². The number of para-hydroxylation sites is 1. The van der Waals surface area contributed by atoms with Gasteiger partial charge in [-0.1, -0.05) is 32.0 Å². The van der Waals surface area contributed by atoms with Crippen LogP contribution in [0.3, 0.4) is 0 Å². The number of anilines is 2. The van der Waals surface area contributed by atoms with Gasteiger partial charge in [0.15, 0.2) is 0 Å². The summed E-state index contributed by atoms with van der Waals surface area (Å²) in [6, 6.07) is 12.8. The fourth-order valence-electron chi connectivity index (χ4n) is 2.18. The Labute approximate surface area is 124 Å². The van der Waals surface area contributed by atoms with Crippen molar-refractivity contribution in [3.8, 4) is 5.75 Å². The number of carbonyl (C=O) groups is 1. The van der Waals surface area contributed by atoms with Gasteiger partial charge in [-0.15, -0.1) is 0 Å². The Balaban J connectivity index is 2.26. The maximum atomic E-state index is 12.4. The predicted octanol–water partition coefficient (Wildman–Crippen LogP) is 3.65. The number of benzene rings is 2. The largest absolute Gasteiger partial charge is 0.497 e. The number of nitrogens with two attached hydrogens (primary N) is 1. The maximum Gasteiger partial charge on any atom is 0.257 e. The van der Waals surface area contributed by atoms with E-state index in [4.69, 9.17) is 10.5 Å². The van der Waals surface area contributed by atoms with Gasteiger partial charge in [0, 0.05) is 17.4 Å². The van der Waals surface area contributed by atoms with Gasteiger partial charge >= 0.3 is 0 Å². The van der Waals surface area contributed by atoms with Crippen molar-refractivity contribution in [2.24, 2.45) is 0 Å². The van der Waals surface area contributed by atoms with Gasteiger partial charge in [0.2, 0.25) is 0 Å². The molecule has 0 atom stereocenters. The summed E-state index contributed by atoms with van der Waals surface area (Å²) in [5.41, 5.74) is 8.65. The van der Waals surface area contributed by atoms with Crippen LogP contribution in [0.5, 0.6) is 5.75 Å². The smallest absolute Gasteiger partial charge is 0.257 e. The van der Waals surface area contributed by atoms with Crippen LogP contribution in [0.2, 0.25) is 0 Å². The number of amides is 1. The van der Waals surface area contributed by atoms with Gasteiger partial charge in [-0.25, -0.2) is 0 Å².